The summed E-state index contributed by atoms with van der Waals surface area (Å²) >= 11 is 0. The van der Waals surface area contributed by atoms with Gasteiger partial charge in [0.05, 0.1) is 5.60 Å². The Hall–Kier alpha value is -1.36. The third-order valence-corrected chi connectivity index (χ3v) is 2.93. The van der Waals surface area contributed by atoms with E-state index in [0.29, 0.717) is 19.0 Å². The summed E-state index contributed by atoms with van der Waals surface area (Å²) in [7, 11) is 0. The first-order valence-corrected chi connectivity index (χ1v) is 6.78. The Morgan fingerprint density at radius 3 is 2.47 bits per heavy atom. The molecule has 0 saturated carbocycles. The maximum absolute atomic E-state index is 5.93. The minimum atomic E-state index is -0.237. The van der Waals surface area contributed by atoms with Crippen molar-refractivity contribution in [3.8, 4) is 0 Å². The van der Waals surface area contributed by atoms with Crippen molar-refractivity contribution in [2.45, 2.75) is 53.1 Å². The van der Waals surface area contributed by atoms with Gasteiger partial charge in [0, 0.05) is 24.6 Å². The number of nitrogens with one attached hydrogen (secondary N) is 1. The van der Waals surface area contributed by atoms with Gasteiger partial charge in [-0.1, -0.05) is 13.8 Å². The molecule has 3 N–H and O–H groups in total. The number of nitrogen functional groups attached to an aromatic ring is 1. The van der Waals surface area contributed by atoms with E-state index in [2.05, 4.69) is 29.1 Å². The molecule has 0 unspecified atom stereocenters. The number of nitrogens with zero attached hydrogens (tertiary/aromatic N) is 2. The lowest BCUT2D eigenvalue weighted by atomic mass is 10.1. The summed E-state index contributed by atoms with van der Waals surface area (Å²) in [5.41, 5.74) is 6.58. The van der Waals surface area contributed by atoms with Crippen LogP contribution in [0.3, 0.4) is 0 Å². The average Bonchev–Trinajstić information content (AvgIpc) is 2.30. The highest BCUT2D eigenvalue weighted by Crippen LogP contribution is 2.21. The van der Waals surface area contributed by atoms with E-state index < -0.39 is 0 Å². The van der Waals surface area contributed by atoms with E-state index in [4.69, 9.17) is 10.5 Å². The number of ether oxygens (including phenoxy) is 1. The van der Waals surface area contributed by atoms with Gasteiger partial charge in [-0.3, -0.25) is 0 Å². The highest BCUT2D eigenvalue weighted by molar-refractivity contribution is 5.55. The Kier molecular flexibility index (Phi) is 5.11. The van der Waals surface area contributed by atoms with Crippen LogP contribution < -0.4 is 11.1 Å². The number of rotatable bonds is 6. The Morgan fingerprint density at radius 2 is 1.95 bits per heavy atom. The Balaban J connectivity index is 2.88. The zero-order valence-corrected chi connectivity index (χ0v) is 12.9. The fourth-order valence-corrected chi connectivity index (χ4v) is 1.72. The van der Waals surface area contributed by atoms with Crippen LogP contribution in [-0.4, -0.2) is 28.7 Å². The van der Waals surface area contributed by atoms with Gasteiger partial charge in [0.2, 0.25) is 0 Å². The fraction of sp³-hybridized carbons (Fsp3) is 0.714. The molecule has 0 fully saturated rings. The van der Waals surface area contributed by atoms with Gasteiger partial charge in [0.25, 0.3) is 0 Å². The Bertz CT molecular complexity index is 430. The van der Waals surface area contributed by atoms with Crippen molar-refractivity contribution in [3.63, 3.8) is 0 Å². The van der Waals surface area contributed by atoms with Gasteiger partial charge in [-0.15, -0.1) is 0 Å². The predicted octanol–water partition coefficient (Wildman–Crippen LogP) is 2.72. The lowest BCUT2D eigenvalue weighted by molar-refractivity contribution is 0.000632. The third-order valence-electron chi connectivity index (χ3n) is 2.93. The van der Waals surface area contributed by atoms with Crippen LogP contribution in [0.25, 0.3) is 0 Å². The van der Waals surface area contributed by atoms with Gasteiger partial charge in [0.15, 0.2) is 0 Å². The predicted molar refractivity (Wildman–Crippen MR) is 79.5 cm³/mol. The number of hydrogen-bond acceptors (Lipinski definition) is 5. The fourth-order valence-electron chi connectivity index (χ4n) is 1.72. The maximum Gasteiger partial charge on any atom is 0.135 e. The van der Waals surface area contributed by atoms with Crippen molar-refractivity contribution in [2.75, 3.05) is 24.2 Å². The molecule has 0 aliphatic heterocycles. The van der Waals surface area contributed by atoms with Crippen LogP contribution in [-0.2, 0) is 4.74 Å². The van der Waals surface area contributed by atoms with E-state index in [-0.39, 0.29) is 11.5 Å². The summed E-state index contributed by atoms with van der Waals surface area (Å²) in [5.74, 6) is 2.35. The van der Waals surface area contributed by atoms with Crippen molar-refractivity contribution in [2.24, 2.45) is 0 Å². The van der Waals surface area contributed by atoms with Crippen molar-refractivity contribution in [1.82, 2.24) is 9.97 Å². The van der Waals surface area contributed by atoms with Crippen LogP contribution in [0, 0.1) is 6.92 Å². The molecule has 5 nitrogen and oxygen atoms in total. The van der Waals surface area contributed by atoms with Gasteiger partial charge in [-0.05, 0) is 27.7 Å². The zero-order chi connectivity index (χ0) is 14.6. The highest BCUT2D eigenvalue weighted by Gasteiger charge is 2.19. The molecule has 0 aromatic carbocycles. The van der Waals surface area contributed by atoms with Crippen LogP contribution in [0.5, 0.6) is 0 Å². The van der Waals surface area contributed by atoms with Crippen molar-refractivity contribution < 1.29 is 4.74 Å². The molecular formula is C14H26N4O. The van der Waals surface area contributed by atoms with Gasteiger partial charge >= 0.3 is 0 Å². The van der Waals surface area contributed by atoms with E-state index in [9.17, 15) is 0 Å². The van der Waals surface area contributed by atoms with E-state index in [1.807, 2.05) is 27.7 Å². The topological polar surface area (TPSA) is 73.1 Å². The molecular weight excluding hydrogens is 240 g/mol. The van der Waals surface area contributed by atoms with Crippen molar-refractivity contribution in [3.05, 3.63) is 11.4 Å². The molecule has 19 heavy (non-hydrogen) atoms. The molecule has 108 valence electrons. The summed E-state index contributed by atoms with van der Waals surface area (Å²) < 4.78 is 5.66. The molecule has 0 radical (unpaired) electrons. The molecule has 5 heteroatoms. The smallest absolute Gasteiger partial charge is 0.135 e. The van der Waals surface area contributed by atoms with Crippen molar-refractivity contribution in [1.29, 1.82) is 0 Å². The van der Waals surface area contributed by atoms with Crippen LogP contribution in [0.15, 0.2) is 0 Å². The van der Waals surface area contributed by atoms with Gasteiger partial charge in [0.1, 0.15) is 17.5 Å². The first-order valence-electron chi connectivity index (χ1n) is 6.78. The Morgan fingerprint density at radius 1 is 1.32 bits per heavy atom. The van der Waals surface area contributed by atoms with Gasteiger partial charge < -0.3 is 15.8 Å². The number of aromatic nitrogens is 2. The molecule has 1 aromatic heterocycles. The summed E-state index contributed by atoms with van der Waals surface area (Å²) in [4.78, 5) is 8.85. The molecule has 0 atom stereocenters. The molecule has 0 saturated heterocycles. The first kappa shape index (κ1) is 15.7. The number of nitrogens with two attached hydrogens (primary N) is 1. The normalized spacial score (nSPS) is 11.9. The summed E-state index contributed by atoms with van der Waals surface area (Å²) in [6.45, 7) is 13.5. The zero-order valence-electron chi connectivity index (χ0n) is 12.9. The lowest BCUT2D eigenvalue weighted by Gasteiger charge is -2.26. The second-order valence-corrected chi connectivity index (χ2v) is 5.64. The number of anilines is 2. The molecule has 0 spiro atoms. The van der Waals surface area contributed by atoms with E-state index in [0.717, 1.165) is 17.2 Å². The summed E-state index contributed by atoms with van der Waals surface area (Å²) in [6.07, 6.45) is 0. The van der Waals surface area contributed by atoms with E-state index in [1.165, 1.54) is 0 Å². The van der Waals surface area contributed by atoms with Crippen LogP contribution >= 0.6 is 0 Å². The largest absolute Gasteiger partial charge is 0.383 e. The van der Waals surface area contributed by atoms with Crippen LogP contribution in [0.2, 0.25) is 0 Å². The third kappa shape index (κ3) is 4.35. The molecule has 0 bridgehead atoms. The molecule has 0 amide bonds. The second kappa shape index (κ2) is 6.19. The standard InChI is InChI=1S/C14H26N4O/c1-7-19-14(5,6)8-16-13-10(4)11(15)17-12(18-13)9(2)3/h9H,7-8H2,1-6H3,(H3,15,16,17,18). The van der Waals surface area contributed by atoms with Crippen LogP contribution in [0.4, 0.5) is 11.6 Å². The maximum atomic E-state index is 5.93. The SMILES string of the molecule is CCOC(C)(C)CNc1nc(C(C)C)nc(N)c1C. The minimum Gasteiger partial charge on any atom is -0.383 e. The molecule has 1 heterocycles. The highest BCUT2D eigenvalue weighted by atomic mass is 16.5. The lowest BCUT2D eigenvalue weighted by Crippen LogP contribution is -2.34. The minimum absolute atomic E-state index is 0.237. The first-order chi connectivity index (χ1) is 8.76. The average molecular weight is 266 g/mol. The van der Waals surface area contributed by atoms with Gasteiger partial charge in [-0.2, -0.15) is 0 Å². The number of hydrogen-bond donors (Lipinski definition) is 2. The van der Waals surface area contributed by atoms with Crippen LogP contribution in [0.1, 0.15) is 51.9 Å². The summed E-state index contributed by atoms with van der Waals surface area (Å²) in [5, 5.41) is 3.32. The van der Waals surface area contributed by atoms with Crippen molar-refractivity contribution >= 4 is 11.6 Å². The Labute approximate surface area is 116 Å². The quantitative estimate of drug-likeness (QED) is 0.828. The van der Waals surface area contributed by atoms with Gasteiger partial charge in [-0.25, -0.2) is 9.97 Å². The molecule has 0 aliphatic rings. The van der Waals surface area contributed by atoms with E-state index >= 15 is 0 Å². The molecule has 1 aromatic rings. The van der Waals surface area contributed by atoms with E-state index in [1.54, 1.807) is 0 Å². The summed E-state index contributed by atoms with van der Waals surface area (Å²) in [6, 6.07) is 0. The second-order valence-electron chi connectivity index (χ2n) is 5.64. The monoisotopic (exact) mass is 266 g/mol. The molecule has 0 aliphatic carbocycles. The molecule has 1 rings (SSSR count).